The van der Waals surface area contributed by atoms with E-state index in [2.05, 4.69) is 5.10 Å². The molecule has 15 heavy (non-hydrogen) atoms. The molecule has 2 aromatic rings. The third-order valence-corrected chi connectivity index (χ3v) is 3.27. The van der Waals surface area contributed by atoms with Gasteiger partial charge in [-0.25, -0.2) is 13.6 Å². The summed E-state index contributed by atoms with van der Waals surface area (Å²) in [4.78, 5) is 0.130. The van der Waals surface area contributed by atoms with Crippen LogP contribution in [0.15, 0.2) is 23.1 Å². The SMILES string of the molecule is Cc1nn(C)c2cccc(S(N)(=O)=O)c12. The predicted molar refractivity (Wildman–Crippen MR) is 56.8 cm³/mol. The Balaban J connectivity index is 3.00. The van der Waals surface area contributed by atoms with E-state index in [0.29, 0.717) is 11.1 Å². The number of sulfonamides is 1. The van der Waals surface area contributed by atoms with E-state index in [9.17, 15) is 8.42 Å². The molecule has 1 aromatic heterocycles. The van der Waals surface area contributed by atoms with Gasteiger partial charge in [0.25, 0.3) is 0 Å². The number of nitrogens with zero attached hydrogens (tertiary/aromatic N) is 2. The maximum Gasteiger partial charge on any atom is 0.238 e. The van der Waals surface area contributed by atoms with Gasteiger partial charge in [0.1, 0.15) is 0 Å². The van der Waals surface area contributed by atoms with Crippen molar-refractivity contribution in [3.8, 4) is 0 Å². The first kappa shape index (κ1) is 10.1. The normalized spacial score (nSPS) is 12.2. The maximum atomic E-state index is 11.3. The first-order valence-corrected chi connectivity index (χ1v) is 5.91. The van der Waals surface area contributed by atoms with Crippen molar-refractivity contribution in [1.29, 1.82) is 0 Å². The summed E-state index contributed by atoms with van der Waals surface area (Å²) >= 11 is 0. The molecule has 0 saturated carbocycles. The molecule has 0 spiro atoms. The molecular formula is C9H11N3O2S. The molecule has 5 nitrogen and oxygen atoms in total. The number of primary sulfonamides is 1. The summed E-state index contributed by atoms with van der Waals surface area (Å²) in [7, 11) is -1.93. The number of hydrogen-bond donors (Lipinski definition) is 1. The lowest BCUT2D eigenvalue weighted by molar-refractivity contribution is 0.598. The van der Waals surface area contributed by atoms with E-state index in [-0.39, 0.29) is 4.90 Å². The standard InChI is InChI=1S/C9H11N3O2S/c1-6-9-7(12(2)11-6)4-3-5-8(9)15(10,13)14/h3-5H,1-2H3,(H2,10,13,14). The van der Waals surface area contributed by atoms with Crippen LogP contribution in [0.4, 0.5) is 0 Å². The average molecular weight is 225 g/mol. The Bertz CT molecular complexity index is 628. The molecule has 80 valence electrons. The second-order valence-corrected chi connectivity index (χ2v) is 4.93. The van der Waals surface area contributed by atoms with Gasteiger partial charge in [0.05, 0.1) is 16.1 Å². The summed E-state index contributed by atoms with van der Waals surface area (Å²) < 4.78 is 24.3. The summed E-state index contributed by atoms with van der Waals surface area (Å²) in [5.74, 6) is 0. The van der Waals surface area contributed by atoms with Crippen molar-refractivity contribution < 1.29 is 8.42 Å². The Kier molecular flexibility index (Phi) is 2.06. The van der Waals surface area contributed by atoms with Crippen LogP contribution in [0.1, 0.15) is 5.69 Å². The molecule has 0 fully saturated rings. The van der Waals surface area contributed by atoms with E-state index in [1.165, 1.54) is 6.07 Å². The predicted octanol–water partition coefficient (Wildman–Crippen LogP) is 0.529. The zero-order valence-corrected chi connectivity index (χ0v) is 9.25. The zero-order chi connectivity index (χ0) is 11.2. The zero-order valence-electron chi connectivity index (χ0n) is 8.43. The van der Waals surface area contributed by atoms with Crippen LogP contribution in [0, 0.1) is 6.92 Å². The van der Waals surface area contributed by atoms with Crippen LogP contribution in [-0.4, -0.2) is 18.2 Å². The summed E-state index contributed by atoms with van der Waals surface area (Å²) in [5, 5.41) is 9.90. The lowest BCUT2D eigenvalue weighted by atomic mass is 10.2. The van der Waals surface area contributed by atoms with Crippen molar-refractivity contribution in [3.05, 3.63) is 23.9 Å². The molecule has 1 heterocycles. The second kappa shape index (κ2) is 3.04. The number of nitrogens with two attached hydrogens (primary N) is 1. The molecule has 2 N–H and O–H groups in total. The molecule has 0 atom stereocenters. The Hall–Kier alpha value is -1.40. The molecule has 0 bridgehead atoms. The lowest BCUT2D eigenvalue weighted by Crippen LogP contribution is -2.12. The first-order chi connectivity index (χ1) is 6.91. The molecule has 0 aliphatic rings. The molecule has 1 aromatic carbocycles. The second-order valence-electron chi connectivity index (χ2n) is 3.40. The minimum Gasteiger partial charge on any atom is -0.268 e. The molecule has 0 aliphatic heterocycles. The number of aromatic nitrogens is 2. The van der Waals surface area contributed by atoms with Crippen LogP contribution in [0.5, 0.6) is 0 Å². The van der Waals surface area contributed by atoms with Crippen molar-refractivity contribution in [3.63, 3.8) is 0 Å². The van der Waals surface area contributed by atoms with Gasteiger partial charge in [-0.3, -0.25) is 4.68 Å². The van der Waals surface area contributed by atoms with E-state index in [1.54, 1.807) is 24.7 Å². The molecule has 0 radical (unpaired) electrons. The van der Waals surface area contributed by atoms with Gasteiger partial charge in [0, 0.05) is 12.4 Å². The van der Waals surface area contributed by atoms with Crippen LogP contribution < -0.4 is 5.14 Å². The van der Waals surface area contributed by atoms with Gasteiger partial charge in [0.15, 0.2) is 0 Å². The van der Waals surface area contributed by atoms with Crippen molar-refractivity contribution in [2.45, 2.75) is 11.8 Å². The van der Waals surface area contributed by atoms with E-state index in [1.807, 2.05) is 6.07 Å². The Morgan fingerprint density at radius 3 is 2.67 bits per heavy atom. The molecule has 0 unspecified atom stereocenters. The molecule has 2 rings (SSSR count). The number of aryl methyl sites for hydroxylation is 2. The topological polar surface area (TPSA) is 78.0 Å². The third-order valence-electron chi connectivity index (χ3n) is 2.32. The summed E-state index contributed by atoms with van der Waals surface area (Å²) in [6.45, 7) is 1.76. The van der Waals surface area contributed by atoms with Crippen molar-refractivity contribution in [2.24, 2.45) is 12.2 Å². The average Bonchev–Trinajstić information content (AvgIpc) is 2.41. The molecule has 0 saturated heterocycles. The number of fused-ring (bicyclic) bond motifs is 1. The van der Waals surface area contributed by atoms with Crippen LogP contribution in [0.25, 0.3) is 10.9 Å². The van der Waals surface area contributed by atoms with Crippen LogP contribution in [-0.2, 0) is 17.1 Å². The van der Waals surface area contributed by atoms with Gasteiger partial charge in [-0.05, 0) is 19.1 Å². The van der Waals surface area contributed by atoms with E-state index in [4.69, 9.17) is 5.14 Å². The van der Waals surface area contributed by atoms with Gasteiger partial charge in [-0.1, -0.05) is 6.07 Å². The highest BCUT2D eigenvalue weighted by molar-refractivity contribution is 7.89. The number of benzene rings is 1. The van der Waals surface area contributed by atoms with Gasteiger partial charge in [-0.2, -0.15) is 5.10 Å². The summed E-state index contributed by atoms with van der Waals surface area (Å²) in [5.41, 5.74) is 1.43. The molecule has 6 heteroatoms. The fraction of sp³-hybridized carbons (Fsp3) is 0.222. The smallest absolute Gasteiger partial charge is 0.238 e. The highest BCUT2D eigenvalue weighted by Crippen LogP contribution is 2.24. The highest BCUT2D eigenvalue weighted by atomic mass is 32.2. The lowest BCUT2D eigenvalue weighted by Gasteiger charge is -2.00. The van der Waals surface area contributed by atoms with Gasteiger partial charge in [0.2, 0.25) is 10.0 Å². The fourth-order valence-electron chi connectivity index (χ4n) is 1.72. The Morgan fingerprint density at radius 1 is 1.40 bits per heavy atom. The van der Waals surface area contributed by atoms with Crippen molar-refractivity contribution in [2.75, 3.05) is 0 Å². The Labute approximate surface area is 87.6 Å². The quantitative estimate of drug-likeness (QED) is 0.769. The van der Waals surface area contributed by atoms with Gasteiger partial charge < -0.3 is 0 Å². The number of hydrogen-bond acceptors (Lipinski definition) is 3. The van der Waals surface area contributed by atoms with Gasteiger partial charge >= 0.3 is 0 Å². The molecule has 0 amide bonds. The van der Waals surface area contributed by atoms with Crippen LogP contribution in [0.3, 0.4) is 0 Å². The largest absolute Gasteiger partial charge is 0.268 e. The maximum absolute atomic E-state index is 11.3. The Morgan fingerprint density at radius 2 is 2.07 bits per heavy atom. The molecule has 0 aliphatic carbocycles. The van der Waals surface area contributed by atoms with E-state index < -0.39 is 10.0 Å². The van der Waals surface area contributed by atoms with Crippen LogP contribution in [0.2, 0.25) is 0 Å². The number of rotatable bonds is 1. The third kappa shape index (κ3) is 1.51. The fourth-order valence-corrected chi connectivity index (χ4v) is 2.52. The van der Waals surface area contributed by atoms with Gasteiger partial charge in [-0.15, -0.1) is 0 Å². The van der Waals surface area contributed by atoms with Crippen molar-refractivity contribution >= 4 is 20.9 Å². The van der Waals surface area contributed by atoms with E-state index >= 15 is 0 Å². The summed E-state index contributed by atoms with van der Waals surface area (Å²) in [6, 6.07) is 4.96. The van der Waals surface area contributed by atoms with Crippen molar-refractivity contribution in [1.82, 2.24) is 9.78 Å². The summed E-state index contributed by atoms with van der Waals surface area (Å²) in [6.07, 6.45) is 0. The van der Waals surface area contributed by atoms with E-state index in [0.717, 1.165) is 5.52 Å². The monoisotopic (exact) mass is 225 g/mol. The minimum absolute atomic E-state index is 0.130. The minimum atomic E-state index is -3.69. The molecular weight excluding hydrogens is 214 g/mol. The van der Waals surface area contributed by atoms with Crippen LogP contribution >= 0.6 is 0 Å². The first-order valence-electron chi connectivity index (χ1n) is 4.36. The highest BCUT2D eigenvalue weighted by Gasteiger charge is 2.16.